The van der Waals surface area contributed by atoms with Gasteiger partial charge in [-0.15, -0.1) is 0 Å². The third-order valence-electron chi connectivity index (χ3n) is 9.36. The van der Waals surface area contributed by atoms with Crippen LogP contribution in [0.4, 0.5) is 0 Å². The van der Waals surface area contributed by atoms with E-state index in [2.05, 4.69) is 73.5 Å². The first-order valence-electron chi connectivity index (χ1n) is 15.9. The number of benzene rings is 4. The molecule has 0 spiro atoms. The summed E-state index contributed by atoms with van der Waals surface area (Å²) in [6.45, 7) is 4.52. The zero-order valence-electron chi connectivity index (χ0n) is 26.0. The third kappa shape index (κ3) is 4.56. The molecule has 9 rings (SSSR count). The lowest BCUT2D eigenvalue weighted by atomic mass is 9.82. The molecule has 2 aromatic heterocycles. The monoisotopic (exact) mass is 610 g/mol. The molecule has 0 saturated carbocycles. The van der Waals surface area contributed by atoms with Crippen molar-refractivity contribution in [2.45, 2.75) is 31.6 Å². The Kier molecular flexibility index (Phi) is 6.18. The Morgan fingerprint density at radius 1 is 0.660 bits per heavy atom. The highest BCUT2D eigenvalue weighted by molar-refractivity contribution is 5.88. The van der Waals surface area contributed by atoms with Gasteiger partial charge in [-0.1, -0.05) is 98.8 Å². The van der Waals surface area contributed by atoms with Crippen LogP contribution in [0.1, 0.15) is 48.8 Å². The van der Waals surface area contributed by atoms with Crippen LogP contribution in [0.5, 0.6) is 23.0 Å². The van der Waals surface area contributed by atoms with Gasteiger partial charge in [0, 0.05) is 45.5 Å². The minimum absolute atomic E-state index is 0.123. The second-order valence-electron chi connectivity index (χ2n) is 12.6. The maximum Gasteiger partial charge on any atom is 0.178 e. The summed E-state index contributed by atoms with van der Waals surface area (Å²) >= 11 is 0. The molecule has 6 nitrogen and oxygen atoms in total. The molecule has 0 saturated heterocycles. The third-order valence-corrected chi connectivity index (χ3v) is 9.36. The fraction of sp³-hybridized carbons (Fsp3) is 0.122. The van der Waals surface area contributed by atoms with E-state index < -0.39 is 0 Å². The first kappa shape index (κ1) is 27.4. The number of hydrogen-bond donors (Lipinski definition) is 0. The Hall–Kier alpha value is -5.88. The summed E-state index contributed by atoms with van der Waals surface area (Å²) in [5, 5.41) is 0. The maximum atomic E-state index is 6.62. The fourth-order valence-corrected chi connectivity index (χ4v) is 6.95. The smallest absolute Gasteiger partial charge is 0.178 e. The van der Waals surface area contributed by atoms with E-state index in [4.69, 9.17) is 24.4 Å². The van der Waals surface area contributed by atoms with Crippen molar-refractivity contribution >= 4 is 5.57 Å². The van der Waals surface area contributed by atoms with Crippen LogP contribution in [0.25, 0.3) is 39.5 Å². The molecule has 6 heteroatoms. The van der Waals surface area contributed by atoms with E-state index in [0.717, 1.165) is 40.1 Å². The van der Waals surface area contributed by atoms with Crippen LogP contribution in [0.2, 0.25) is 0 Å². The summed E-state index contributed by atoms with van der Waals surface area (Å²) < 4.78 is 13.2. The number of aromatic nitrogens is 4. The van der Waals surface area contributed by atoms with Gasteiger partial charge in [-0.2, -0.15) is 0 Å². The van der Waals surface area contributed by atoms with Gasteiger partial charge in [0.2, 0.25) is 0 Å². The molecule has 3 aliphatic rings. The van der Waals surface area contributed by atoms with Crippen molar-refractivity contribution in [3.05, 3.63) is 150 Å². The molecule has 1 unspecified atom stereocenters. The van der Waals surface area contributed by atoms with Gasteiger partial charge >= 0.3 is 0 Å². The zero-order chi connectivity index (χ0) is 31.5. The molecule has 47 heavy (non-hydrogen) atoms. The second-order valence-corrected chi connectivity index (χ2v) is 12.6. The molecular formula is C41H30N4O2. The number of pyridine rings is 1. The summed E-state index contributed by atoms with van der Waals surface area (Å²) in [5.74, 6) is 4.66. The highest BCUT2D eigenvalue weighted by Crippen LogP contribution is 2.58. The van der Waals surface area contributed by atoms with Crippen LogP contribution in [0.3, 0.4) is 0 Å². The van der Waals surface area contributed by atoms with Gasteiger partial charge < -0.3 is 9.47 Å². The minimum Gasteiger partial charge on any atom is -0.449 e. The molecule has 6 aromatic rings. The van der Waals surface area contributed by atoms with E-state index in [1.165, 1.54) is 16.7 Å². The van der Waals surface area contributed by atoms with Crippen molar-refractivity contribution in [1.29, 1.82) is 0 Å². The molecule has 0 fully saturated rings. The van der Waals surface area contributed by atoms with Gasteiger partial charge in [0.25, 0.3) is 0 Å². The Balaban J connectivity index is 1.12. The minimum atomic E-state index is -0.123. The molecule has 2 aliphatic carbocycles. The van der Waals surface area contributed by atoms with Crippen molar-refractivity contribution in [2.75, 3.05) is 0 Å². The predicted molar refractivity (Wildman–Crippen MR) is 184 cm³/mol. The molecule has 226 valence electrons. The Bertz CT molecular complexity index is 2260. The lowest BCUT2D eigenvalue weighted by Crippen LogP contribution is -2.15. The Morgan fingerprint density at radius 2 is 1.43 bits per heavy atom. The zero-order valence-corrected chi connectivity index (χ0v) is 26.0. The largest absolute Gasteiger partial charge is 0.449 e. The number of hydrogen-bond acceptors (Lipinski definition) is 6. The van der Waals surface area contributed by atoms with Crippen LogP contribution in [-0.4, -0.2) is 19.9 Å². The highest BCUT2D eigenvalue weighted by atomic mass is 16.6. The number of ether oxygens (including phenoxy) is 2. The average Bonchev–Trinajstić information content (AvgIpc) is 3.37. The van der Waals surface area contributed by atoms with Crippen molar-refractivity contribution < 1.29 is 9.47 Å². The van der Waals surface area contributed by atoms with Crippen molar-refractivity contribution in [3.63, 3.8) is 0 Å². The topological polar surface area (TPSA) is 70.0 Å². The first-order chi connectivity index (χ1) is 23.0. The maximum absolute atomic E-state index is 6.62. The molecule has 1 aliphatic heterocycles. The molecule has 0 amide bonds. The first-order valence-corrected chi connectivity index (χ1v) is 15.9. The van der Waals surface area contributed by atoms with E-state index in [-0.39, 0.29) is 11.3 Å². The average molecular weight is 611 g/mol. The van der Waals surface area contributed by atoms with E-state index in [0.29, 0.717) is 34.7 Å². The van der Waals surface area contributed by atoms with Crippen LogP contribution in [-0.2, 0) is 5.41 Å². The summed E-state index contributed by atoms with van der Waals surface area (Å²) in [6, 6.07) is 34.7. The normalized spacial score (nSPS) is 16.6. The van der Waals surface area contributed by atoms with E-state index in [9.17, 15) is 0 Å². The van der Waals surface area contributed by atoms with Gasteiger partial charge in [0.15, 0.2) is 40.5 Å². The van der Waals surface area contributed by atoms with Gasteiger partial charge in [0.1, 0.15) is 0 Å². The molecular weight excluding hydrogens is 580 g/mol. The molecule has 4 aromatic carbocycles. The van der Waals surface area contributed by atoms with Crippen molar-refractivity contribution in [1.82, 2.24) is 19.9 Å². The van der Waals surface area contributed by atoms with Crippen molar-refractivity contribution in [2.24, 2.45) is 0 Å². The summed E-state index contributed by atoms with van der Waals surface area (Å²) in [7, 11) is 0. The van der Waals surface area contributed by atoms with Crippen LogP contribution < -0.4 is 9.47 Å². The number of fused-ring (bicyclic) bond motifs is 6. The summed E-state index contributed by atoms with van der Waals surface area (Å²) in [4.78, 5) is 19.5. The highest BCUT2D eigenvalue weighted by Gasteiger charge is 2.39. The number of allylic oxidation sites excluding steroid dienone is 4. The van der Waals surface area contributed by atoms with Crippen LogP contribution in [0, 0.1) is 0 Å². The van der Waals surface area contributed by atoms with Crippen LogP contribution >= 0.6 is 0 Å². The van der Waals surface area contributed by atoms with E-state index in [1.54, 1.807) is 0 Å². The van der Waals surface area contributed by atoms with Crippen LogP contribution in [0.15, 0.2) is 128 Å². The Labute approximate surface area is 273 Å². The quantitative estimate of drug-likeness (QED) is 0.198. The van der Waals surface area contributed by atoms with Gasteiger partial charge in [-0.05, 0) is 59.5 Å². The lowest BCUT2D eigenvalue weighted by molar-refractivity contribution is 0.360. The summed E-state index contributed by atoms with van der Waals surface area (Å²) in [6.07, 6.45) is 9.17. The predicted octanol–water partition coefficient (Wildman–Crippen LogP) is 9.93. The molecule has 0 bridgehead atoms. The number of rotatable bonds is 4. The second kappa shape index (κ2) is 10.6. The van der Waals surface area contributed by atoms with Crippen molar-refractivity contribution in [3.8, 4) is 56.9 Å². The standard InChI is InChI=1S/C41H30N4O2/c1-41(2)30-16-7-6-15-29(30)36-31(41)19-21-34-37(36)47-33-20-18-28(24-35(33)46-34)40-44-38(25-11-4-3-5-12-25)43-39(45-40)27-14-10-13-26(23-27)32-17-8-9-22-42-32/h3-12,14-24,26H,13H2,1-2H3. The van der Waals surface area contributed by atoms with Gasteiger partial charge in [-0.25, -0.2) is 15.0 Å². The lowest BCUT2D eigenvalue weighted by Gasteiger charge is -2.25. The molecule has 0 radical (unpaired) electrons. The van der Waals surface area contributed by atoms with Gasteiger partial charge in [0.05, 0.1) is 0 Å². The molecule has 0 N–H and O–H groups in total. The van der Waals surface area contributed by atoms with E-state index in [1.807, 2.05) is 72.9 Å². The molecule has 1 atom stereocenters. The SMILES string of the molecule is CC1(C)c2ccccc2-c2c1ccc1c2Oc2ccc(-c3nc(C4=CC(c5ccccn5)CC=C4)nc(-c4ccccc4)n3)cc2O1. The number of nitrogens with zero attached hydrogens (tertiary/aromatic N) is 4. The summed E-state index contributed by atoms with van der Waals surface area (Å²) in [5.41, 5.74) is 8.40. The Morgan fingerprint density at radius 3 is 2.28 bits per heavy atom. The van der Waals surface area contributed by atoms with E-state index >= 15 is 0 Å². The molecule has 3 heterocycles. The fourth-order valence-electron chi connectivity index (χ4n) is 6.95. The van der Waals surface area contributed by atoms with Gasteiger partial charge in [-0.3, -0.25) is 4.98 Å².